The van der Waals surface area contributed by atoms with Gasteiger partial charge in [0, 0.05) is 6.08 Å². The van der Waals surface area contributed by atoms with E-state index in [2.05, 4.69) is 0 Å². The maximum Gasteiger partial charge on any atom is 0.399 e. The summed E-state index contributed by atoms with van der Waals surface area (Å²) in [4.78, 5) is 0.0660. The molecular weight excluding hydrogens is 378 g/mol. The van der Waals surface area contributed by atoms with Crippen LogP contribution in [0, 0.1) is 0 Å². The van der Waals surface area contributed by atoms with Gasteiger partial charge in [-0.15, -0.1) is 0 Å². The Hall–Kier alpha value is -1.93. The molecule has 1 aliphatic rings. The van der Waals surface area contributed by atoms with E-state index in [0.717, 1.165) is 0 Å². The quantitative estimate of drug-likeness (QED) is 0.449. The van der Waals surface area contributed by atoms with Crippen molar-refractivity contribution in [3.8, 4) is 0 Å². The normalized spacial score (nSPS) is 29.7. The van der Waals surface area contributed by atoms with Crippen molar-refractivity contribution in [2.45, 2.75) is 32.5 Å². The molecule has 0 aromatic heterocycles. The van der Waals surface area contributed by atoms with Gasteiger partial charge < -0.3 is 5.11 Å². The van der Waals surface area contributed by atoms with Gasteiger partial charge in [0.15, 0.2) is 9.79 Å². The number of halogens is 6. The number of rotatable bonds is 3. The van der Waals surface area contributed by atoms with Gasteiger partial charge in [0.25, 0.3) is 5.85 Å². The van der Waals surface area contributed by atoms with E-state index >= 15 is 4.39 Å². The number of alkyl halides is 6. The Morgan fingerprint density at radius 1 is 0.615 bits per heavy atom. The van der Waals surface area contributed by atoms with Gasteiger partial charge in [0.1, 0.15) is 10.9 Å². The second-order valence-corrected chi connectivity index (χ2v) is 7.88. The Balaban J connectivity index is 2.27. The Labute approximate surface area is 148 Å². The van der Waals surface area contributed by atoms with Crippen LogP contribution in [0.2, 0.25) is 0 Å². The van der Waals surface area contributed by atoms with Gasteiger partial charge in [-0.3, -0.25) is 0 Å². The van der Waals surface area contributed by atoms with Crippen LogP contribution in [0.15, 0.2) is 82.6 Å². The molecule has 1 nitrogen and oxygen atoms in total. The van der Waals surface area contributed by atoms with E-state index in [1.165, 1.54) is 48.5 Å². The van der Waals surface area contributed by atoms with Crippen LogP contribution in [0.1, 0.15) is 0 Å². The molecule has 0 fully saturated rings. The highest BCUT2D eigenvalue weighted by atomic mass is 32.2. The lowest BCUT2D eigenvalue weighted by atomic mass is 9.92. The minimum atomic E-state index is -5.65. The fourth-order valence-electron chi connectivity index (χ4n) is 2.65. The monoisotopic (exact) mass is 391 g/mol. The maximum atomic E-state index is 15.6. The van der Waals surface area contributed by atoms with Crippen LogP contribution in [0.4, 0.5) is 26.3 Å². The number of hydrogen-bond donors (Lipinski definition) is 1. The van der Waals surface area contributed by atoms with Crippen LogP contribution < -0.4 is 0 Å². The van der Waals surface area contributed by atoms with Crippen molar-refractivity contribution >= 4 is 10.9 Å². The predicted octanol–water partition coefficient (Wildman–Crippen LogP) is 4.89. The van der Waals surface area contributed by atoms with Crippen molar-refractivity contribution in [1.82, 2.24) is 0 Å². The fourth-order valence-corrected chi connectivity index (χ4v) is 5.06. The minimum Gasteiger partial charge on any atom is -0.354 e. The summed E-state index contributed by atoms with van der Waals surface area (Å²) in [5.74, 6) is -15.8. The Kier molecular flexibility index (Phi) is 4.39. The molecule has 0 bridgehead atoms. The molecule has 8 heteroatoms. The molecule has 138 valence electrons. The van der Waals surface area contributed by atoms with Crippen LogP contribution >= 0.6 is 0 Å². The minimum absolute atomic E-state index is 0.00746. The molecule has 2 unspecified atom stereocenters. The van der Waals surface area contributed by atoms with Crippen LogP contribution in [-0.2, 0) is 10.9 Å². The summed E-state index contributed by atoms with van der Waals surface area (Å²) >= 11 is 0. The molecule has 0 aliphatic heterocycles. The first kappa shape index (κ1) is 18.8. The van der Waals surface area contributed by atoms with Crippen LogP contribution in [0.5, 0.6) is 0 Å². The maximum absolute atomic E-state index is 15.6. The first-order valence-corrected chi connectivity index (χ1v) is 8.68. The molecule has 1 aliphatic carbocycles. The predicted molar refractivity (Wildman–Crippen MR) is 85.7 cm³/mol. The van der Waals surface area contributed by atoms with E-state index < -0.39 is 33.6 Å². The summed E-state index contributed by atoms with van der Waals surface area (Å²) in [6.45, 7) is 0. The third kappa shape index (κ3) is 2.54. The van der Waals surface area contributed by atoms with Crippen molar-refractivity contribution in [2.24, 2.45) is 0 Å². The highest BCUT2D eigenvalue weighted by Crippen LogP contribution is 2.59. The van der Waals surface area contributed by atoms with Crippen molar-refractivity contribution in [3.05, 3.63) is 72.8 Å². The Morgan fingerprint density at radius 3 is 1.46 bits per heavy atom. The van der Waals surface area contributed by atoms with E-state index in [4.69, 9.17) is 5.11 Å². The summed E-state index contributed by atoms with van der Waals surface area (Å²) in [5.41, 5.74) is 0. The van der Waals surface area contributed by atoms with E-state index in [9.17, 15) is 22.0 Å². The van der Waals surface area contributed by atoms with Crippen molar-refractivity contribution in [1.29, 1.82) is 0 Å². The van der Waals surface area contributed by atoms with E-state index in [1.54, 1.807) is 12.1 Å². The molecule has 26 heavy (non-hydrogen) atoms. The van der Waals surface area contributed by atoms with Crippen molar-refractivity contribution in [3.63, 3.8) is 0 Å². The Morgan fingerprint density at radius 2 is 1.04 bits per heavy atom. The highest BCUT2D eigenvalue weighted by molar-refractivity contribution is 7.98. The molecule has 3 rings (SSSR count). The molecule has 0 radical (unpaired) electrons. The summed E-state index contributed by atoms with van der Waals surface area (Å²) in [7, 11) is -2.21. The largest absolute Gasteiger partial charge is 0.399 e. The molecule has 2 aromatic carbocycles. The molecule has 0 amide bonds. The average Bonchev–Trinajstić information content (AvgIpc) is 2.61. The molecule has 0 heterocycles. The van der Waals surface area contributed by atoms with E-state index in [-0.39, 0.29) is 21.9 Å². The second kappa shape index (κ2) is 6.06. The lowest BCUT2D eigenvalue weighted by molar-refractivity contribution is -0.337. The van der Waals surface area contributed by atoms with Gasteiger partial charge in [-0.1, -0.05) is 36.4 Å². The fraction of sp³-hybridized carbons (Fsp3) is 0.222. The lowest BCUT2D eigenvalue weighted by Gasteiger charge is -2.41. The van der Waals surface area contributed by atoms with Gasteiger partial charge in [0.2, 0.25) is 0 Å². The highest BCUT2D eigenvalue weighted by Gasteiger charge is 2.85. The number of hydrogen-bond acceptors (Lipinski definition) is 1. The van der Waals surface area contributed by atoms with E-state index in [0.29, 0.717) is 0 Å². The summed E-state index contributed by atoms with van der Waals surface area (Å²) in [6, 6.07) is 14.3. The molecule has 1 N–H and O–H groups in total. The molecule has 2 atom stereocenters. The molecule has 2 aromatic rings. The standard InChI is InChI=1S/C18H13F6OS/c19-15(25)11-12-16(20,18(23,24)17(15,21)22)26(13-7-3-1-4-8-13)14-9-5-2-6-10-14/h1-12,25H/q+1. The summed E-state index contributed by atoms with van der Waals surface area (Å²) in [5, 5.41) is 5.10. The average molecular weight is 391 g/mol. The van der Waals surface area contributed by atoms with Crippen molar-refractivity contribution in [2.75, 3.05) is 0 Å². The zero-order valence-electron chi connectivity index (χ0n) is 13.1. The first-order valence-electron chi connectivity index (χ1n) is 7.45. The van der Waals surface area contributed by atoms with Gasteiger partial charge in [-0.2, -0.15) is 22.0 Å². The third-order valence-electron chi connectivity index (χ3n) is 4.04. The lowest BCUT2D eigenvalue weighted by Crippen LogP contribution is -2.68. The summed E-state index contributed by atoms with van der Waals surface area (Å²) < 4.78 is 86.4. The molecule has 0 saturated heterocycles. The Bertz CT molecular complexity index is 769. The molecular formula is C18H13F6OS+. The topological polar surface area (TPSA) is 20.2 Å². The van der Waals surface area contributed by atoms with Crippen LogP contribution in [0.25, 0.3) is 0 Å². The zero-order valence-corrected chi connectivity index (χ0v) is 13.9. The van der Waals surface area contributed by atoms with Gasteiger partial charge >= 0.3 is 16.8 Å². The third-order valence-corrected chi connectivity index (χ3v) is 6.51. The first-order chi connectivity index (χ1) is 12.0. The van der Waals surface area contributed by atoms with Gasteiger partial charge in [-0.05, 0) is 30.3 Å². The van der Waals surface area contributed by atoms with Gasteiger partial charge in [0.05, 0.1) is 0 Å². The van der Waals surface area contributed by atoms with Crippen molar-refractivity contribution < 1.29 is 31.4 Å². The second-order valence-electron chi connectivity index (χ2n) is 5.73. The number of benzene rings is 2. The van der Waals surface area contributed by atoms with Crippen LogP contribution in [-0.4, -0.2) is 27.8 Å². The molecule has 0 saturated carbocycles. The van der Waals surface area contributed by atoms with Crippen LogP contribution in [0.3, 0.4) is 0 Å². The summed E-state index contributed by atoms with van der Waals surface area (Å²) in [6.07, 6.45) is -0.232. The van der Waals surface area contributed by atoms with E-state index in [1.807, 2.05) is 0 Å². The number of aliphatic hydroxyl groups is 1. The van der Waals surface area contributed by atoms with Gasteiger partial charge in [-0.25, -0.2) is 4.39 Å². The molecule has 0 spiro atoms. The smallest absolute Gasteiger partial charge is 0.354 e. The SMILES string of the molecule is OC1(F)C=CC(F)([S+](c2ccccc2)c2ccccc2)C(F)(F)C1(F)F. The zero-order chi connectivity index (χ0) is 19.2.